The van der Waals surface area contributed by atoms with Crippen LogP contribution in [0.1, 0.15) is 38.0 Å². The molecule has 0 aliphatic heterocycles. The van der Waals surface area contributed by atoms with Gasteiger partial charge in [0.2, 0.25) is 5.89 Å². The quantitative estimate of drug-likeness (QED) is 0.428. The fraction of sp³-hybridized carbons (Fsp3) is 0.438. The summed E-state index contributed by atoms with van der Waals surface area (Å²) >= 11 is 0. The fourth-order valence-electron chi connectivity index (χ4n) is 1.80. The van der Waals surface area contributed by atoms with Gasteiger partial charge in [-0.2, -0.15) is 4.98 Å². The first-order valence-corrected chi connectivity index (χ1v) is 7.40. The van der Waals surface area contributed by atoms with Crippen molar-refractivity contribution in [3.05, 3.63) is 47.4 Å². The van der Waals surface area contributed by atoms with Gasteiger partial charge in [-0.05, 0) is 17.7 Å². The SMILES string of the molecule is CN=C(NCc1ccc(F)cc1)NCc1noc(C(C)(C)C)n1.I. The van der Waals surface area contributed by atoms with Crippen LogP contribution < -0.4 is 10.6 Å². The highest BCUT2D eigenvalue weighted by atomic mass is 127. The van der Waals surface area contributed by atoms with E-state index in [2.05, 4.69) is 25.8 Å². The molecule has 2 aromatic rings. The number of nitrogens with zero attached hydrogens (tertiary/aromatic N) is 3. The zero-order valence-electron chi connectivity index (χ0n) is 14.3. The molecule has 0 aliphatic rings. The Morgan fingerprint density at radius 2 is 1.79 bits per heavy atom. The largest absolute Gasteiger partial charge is 0.352 e. The zero-order valence-corrected chi connectivity index (χ0v) is 16.6. The maximum absolute atomic E-state index is 12.9. The van der Waals surface area contributed by atoms with E-state index >= 15 is 0 Å². The normalized spacial score (nSPS) is 11.8. The molecular weight excluding hydrogens is 424 g/mol. The van der Waals surface area contributed by atoms with Gasteiger partial charge in [-0.25, -0.2) is 4.39 Å². The van der Waals surface area contributed by atoms with Gasteiger partial charge in [0.05, 0.1) is 6.54 Å². The smallest absolute Gasteiger partial charge is 0.232 e. The van der Waals surface area contributed by atoms with E-state index in [0.29, 0.717) is 30.8 Å². The predicted octanol–water partition coefficient (Wildman–Crippen LogP) is 2.99. The Hall–Kier alpha value is -1.71. The fourth-order valence-corrected chi connectivity index (χ4v) is 1.80. The van der Waals surface area contributed by atoms with E-state index in [0.717, 1.165) is 5.56 Å². The number of hydrogen-bond donors (Lipinski definition) is 2. The Morgan fingerprint density at radius 3 is 2.33 bits per heavy atom. The molecule has 2 N–H and O–H groups in total. The van der Waals surface area contributed by atoms with E-state index in [1.165, 1.54) is 12.1 Å². The number of aromatic nitrogens is 2. The molecule has 0 spiro atoms. The molecule has 8 heteroatoms. The minimum absolute atomic E-state index is 0. The summed E-state index contributed by atoms with van der Waals surface area (Å²) in [5.41, 5.74) is 0.789. The second-order valence-corrected chi connectivity index (χ2v) is 6.17. The molecule has 6 nitrogen and oxygen atoms in total. The third-order valence-corrected chi connectivity index (χ3v) is 3.12. The third kappa shape index (κ3) is 6.06. The topological polar surface area (TPSA) is 75.3 Å². The Kier molecular flexibility index (Phi) is 7.59. The number of nitrogens with one attached hydrogen (secondary N) is 2. The molecule has 0 saturated carbocycles. The summed E-state index contributed by atoms with van der Waals surface area (Å²) in [4.78, 5) is 8.48. The monoisotopic (exact) mass is 447 g/mol. The number of halogens is 2. The van der Waals surface area contributed by atoms with Crippen molar-refractivity contribution in [2.45, 2.75) is 39.3 Å². The van der Waals surface area contributed by atoms with Crippen LogP contribution in [0.2, 0.25) is 0 Å². The van der Waals surface area contributed by atoms with E-state index in [9.17, 15) is 4.39 Å². The van der Waals surface area contributed by atoms with Crippen LogP contribution in [0.5, 0.6) is 0 Å². The Bertz CT molecular complexity index is 664. The molecule has 24 heavy (non-hydrogen) atoms. The Balaban J connectivity index is 0.00000288. The molecule has 0 unspecified atom stereocenters. The second kappa shape index (κ2) is 8.95. The molecule has 0 radical (unpaired) electrons. The number of aliphatic imine (C=N–C) groups is 1. The first kappa shape index (κ1) is 20.3. The maximum Gasteiger partial charge on any atom is 0.232 e. The zero-order chi connectivity index (χ0) is 16.9. The molecule has 0 atom stereocenters. The van der Waals surface area contributed by atoms with Gasteiger partial charge in [-0.1, -0.05) is 38.1 Å². The van der Waals surface area contributed by atoms with Crippen LogP contribution in [0.15, 0.2) is 33.8 Å². The number of benzene rings is 1. The second-order valence-electron chi connectivity index (χ2n) is 6.17. The number of guanidine groups is 1. The molecule has 132 valence electrons. The van der Waals surface area contributed by atoms with Crippen LogP contribution in [-0.4, -0.2) is 23.1 Å². The lowest BCUT2D eigenvalue weighted by molar-refractivity contribution is 0.318. The maximum atomic E-state index is 12.9. The van der Waals surface area contributed by atoms with Crippen molar-refractivity contribution in [2.75, 3.05) is 7.05 Å². The van der Waals surface area contributed by atoms with E-state index < -0.39 is 0 Å². The van der Waals surface area contributed by atoms with Crippen molar-refractivity contribution in [1.82, 2.24) is 20.8 Å². The lowest BCUT2D eigenvalue weighted by Crippen LogP contribution is -2.36. The Labute approximate surface area is 158 Å². The minimum atomic E-state index is -0.247. The van der Waals surface area contributed by atoms with Gasteiger partial charge in [0.25, 0.3) is 0 Å². The average Bonchev–Trinajstić information content (AvgIpc) is 2.98. The number of rotatable bonds is 4. The lowest BCUT2D eigenvalue weighted by Gasteiger charge is -2.11. The van der Waals surface area contributed by atoms with E-state index in [-0.39, 0.29) is 35.2 Å². The summed E-state index contributed by atoms with van der Waals surface area (Å²) in [5.74, 6) is 1.53. The van der Waals surface area contributed by atoms with Gasteiger partial charge in [0.15, 0.2) is 11.8 Å². The lowest BCUT2D eigenvalue weighted by atomic mass is 9.97. The van der Waals surface area contributed by atoms with Gasteiger partial charge in [-0.3, -0.25) is 4.99 Å². The molecule has 0 aliphatic carbocycles. The van der Waals surface area contributed by atoms with Crippen LogP contribution in [-0.2, 0) is 18.5 Å². The van der Waals surface area contributed by atoms with E-state index in [1.807, 2.05) is 20.8 Å². The van der Waals surface area contributed by atoms with Crippen molar-refractivity contribution >= 4 is 29.9 Å². The van der Waals surface area contributed by atoms with Crippen molar-refractivity contribution in [3.63, 3.8) is 0 Å². The summed E-state index contributed by atoms with van der Waals surface area (Å²) in [5, 5.41) is 10.2. The average molecular weight is 447 g/mol. The molecule has 1 heterocycles. The van der Waals surface area contributed by atoms with Gasteiger partial charge in [0.1, 0.15) is 5.82 Å². The van der Waals surface area contributed by atoms with Gasteiger partial charge in [0, 0.05) is 19.0 Å². The highest BCUT2D eigenvalue weighted by molar-refractivity contribution is 14.0. The standard InChI is InChI=1S/C16H22FN5O.HI/c1-16(2,3)14-21-13(22-23-14)10-20-15(18-4)19-9-11-5-7-12(17)8-6-11;/h5-8H,9-10H2,1-4H3,(H2,18,19,20);1H. The minimum Gasteiger partial charge on any atom is -0.352 e. The van der Waals surface area contributed by atoms with Crippen LogP contribution in [0, 0.1) is 5.82 Å². The van der Waals surface area contributed by atoms with E-state index in [1.54, 1.807) is 19.2 Å². The predicted molar refractivity (Wildman–Crippen MR) is 102 cm³/mol. The van der Waals surface area contributed by atoms with Gasteiger partial charge < -0.3 is 15.2 Å². The first-order chi connectivity index (χ1) is 10.9. The molecule has 1 aromatic heterocycles. The number of hydrogen-bond acceptors (Lipinski definition) is 4. The first-order valence-electron chi connectivity index (χ1n) is 7.40. The van der Waals surface area contributed by atoms with Crippen molar-refractivity contribution < 1.29 is 8.91 Å². The third-order valence-electron chi connectivity index (χ3n) is 3.12. The molecule has 0 fully saturated rings. The highest BCUT2D eigenvalue weighted by Crippen LogP contribution is 2.19. The molecular formula is C16H23FIN5O. The summed E-state index contributed by atoms with van der Waals surface area (Å²) in [6.07, 6.45) is 0. The van der Waals surface area contributed by atoms with E-state index in [4.69, 9.17) is 4.52 Å². The summed E-state index contributed by atoms with van der Waals surface area (Å²) in [6.45, 7) is 6.99. The molecule has 0 saturated heterocycles. The highest BCUT2D eigenvalue weighted by Gasteiger charge is 2.21. The molecule has 1 aromatic carbocycles. The summed E-state index contributed by atoms with van der Waals surface area (Å²) < 4.78 is 18.1. The van der Waals surface area contributed by atoms with Gasteiger partial charge >= 0.3 is 0 Å². The van der Waals surface area contributed by atoms with Crippen LogP contribution in [0.3, 0.4) is 0 Å². The van der Waals surface area contributed by atoms with Gasteiger partial charge in [-0.15, -0.1) is 24.0 Å². The van der Waals surface area contributed by atoms with Crippen LogP contribution in [0.25, 0.3) is 0 Å². The summed E-state index contributed by atoms with van der Waals surface area (Å²) in [7, 11) is 1.68. The molecule has 0 amide bonds. The van der Waals surface area contributed by atoms with Crippen LogP contribution in [0.4, 0.5) is 4.39 Å². The molecule has 0 bridgehead atoms. The van der Waals surface area contributed by atoms with Crippen molar-refractivity contribution in [2.24, 2.45) is 4.99 Å². The van der Waals surface area contributed by atoms with Crippen molar-refractivity contribution in [1.29, 1.82) is 0 Å². The van der Waals surface area contributed by atoms with Crippen LogP contribution >= 0.6 is 24.0 Å². The van der Waals surface area contributed by atoms with Crippen molar-refractivity contribution in [3.8, 4) is 0 Å². The summed E-state index contributed by atoms with van der Waals surface area (Å²) in [6, 6.07) is 6.32. The molecule has 2 rings (SSSR count). The Morgan fingerprint density at radius 1 is 1.17 bits per heavy atom.